The van der Waals surface area contributed by atoms with Gasteiger partial charge in [-0.15, -0.1) is 5.10 Å². The van der Waals surface area contributed by atoms with Crippen LogP contribution in [0.15, 0.2) is 5.10 Å². The van der Waals surface area contributed by atoms with Gasteiger partial charge >= 0.3 is 6.09 Å². The van der Waals surface area contributed by atoms with Crippen LogP contribution in [0.4, 0.5) is 4.39 Å². The van der Waals surface area contributed by atoms with Crippen molar-refractivity contribution in [3.05, 3.63) is 0 Å². The average molecular weight is 159 g/mol. The molecule has 11 heavy (non-hydrogen) atoms. The highest BCUT2D eigenvalue weighted by Crippen LogP contribution is 2.16. The molecule has 3 nitrogen and oxygen atoms in total. The SMILES string of the molecule is CC(C)(C)CN1CNN=C1F. The van der Waals surface area contributed by atoms with Gasteiger partial charge in [-0.3, -0.25) is 5.43 Å². The molecule has 0 spiro atoms. The van der Waals surface area contributed by atoms with Gasteiger partial charge in [-0.2, -0.15) is 4.39 Å². The van der Waals surface area contributed by atoms with E-state index >= 15 is 0 Å². The lowest BCUT2D eigenvalue weighted by Gasteiger charge is -2.25. The molecule has 0 aliphatic carbocycles. The van der Waals surface area contributed by atoms with E-state index in [4.69, 9.17) is 0 Å². The lowest BCUT2D eigenvalue weighted by molar-refractivity contribution is 0.266. The Morgan fingerprint density at radius 2 is 2.27 bits per heavy atom. The molecular formula is C7H14FN3. The highest BCUT2D eigenvalue weighted by Gasteiger charge is 2.22. The molecule has 0 aromatic carbocycles. The van der Waals surface area contributed by atoms with Crippen LogP contribution in [0.1, 0.15) is 20.8 Å². The number of halogens is 1. The zero-order valence-corrected chi connectivity index (χ0v) is 7.19. The van der Waals surface area contributed by atoms with Crippen molar-refractivity contribution in [2.75, 3.05) is 13.2 Å². The number of nitrogens with zero attached hydrogens (tertiary/aromatic N) is 2. The van der Waals surface area contributed by atoms with Gasteiger partial charge in [-0.25, -0.2) is 0 Å². The number of rotatable bonds is 1. The third kappa shape index (κ3) is 2.37. The van der Waals surface area contributed by atoms with Crippen LogP contribution in [0.2, 0.25) is 0 Å². The Bertz CT molecular complexity index is 171. The second-order valence-electron chi connectivity index (χ2n) is 3.96. The topological polar surface area (TPSA) is 27.6 Å². The predicted octanol–water partition coefficient (Wildman–Crippen LogP) is 1.14. The Kier molecular flexibility index (Phi) is 2.02. The second kappa shape index (κ2) is 2.68. The molecule has 1 aliphatic rings. The fourth-order valence-corrected chi connectivity index (χ4v) is 1.02. The lowest BCUT2D eigenvalue weighted by atomic mass is 9.96. The molecule has 0 aromatic rings. The first-order chi connectivity index (χ1) is 4.99. The molecule has 1 N–H and O–H groups in total. The van der Waals surface area contributed by atoms with Crippen LogP contribution in [0.3, 0.4) is 0 Å². The van der Waals surface area contributed by atoms with Gasteiger partial charge in [0.05, 0.1) is 0 Å². The Hall–Kier alpha value is -0.800. The number of hydrogen-bond acceptors (Lipinski definition) is 3. The van der Waals surface area contributed by atoms with E-state index in [1.165, 1.54) is 0 Å². The summed E-state index contributed by atoms with van der Waals surface area (Å²) in [6.07, 6.45) is -0.403. The van der Waals surface area contributed by atoms with Crippen molar-refractivity contribution in [1.82, 2.24) is 10.3 Å². The van der Waals surface area contributed by atoms with E-state index in [1.807, 2.05) is 0 Å². The third-order valence-corrected chi connectivity index (χ3v) is 1.36. The molecule has 1 rings (SSSR count). The summed E-state index contributed by atoms with van der Waals surface area (Å²) in [6.45, 7) is 7.38. The molecule has 0 atom stereocenters. The van der Waals surface area contributed by atoms with E-state index in [9.17, 15) is 4.39 Å². The van der Waals surface area contributed by atoms with Crippen LogP contribution >= 0.6 is 0 Å². The minimum absolute atomic E-state index is 0.110. The summed E-state index contributed by atoms with van der Waals surface area (Å²) in [4.78, 5) is 1.58. The number of amidine groups is 1. The molecule has 0 saturated heterocycles. The molecule has 1 heterocycles. The summed E-state index contributed by atoms with van der Waals surface area (Å²) >= 11 is 0. The third-order valence-electron chi connectivity index (χ3n) is 1.36. The van der Waals surface area contributed by atoms with Gasteiger partial charge in [0.1, 0.15) is 6.67 Å². The van der Waals surface area contributed by atoms with Crippen LogP contribution in [-0.4, -0.2) is 24.2 Å². The van der Waals surface area contributed by atoms with Crippen molar-refractivity contribution in [2.45, 2.75) is 20.8 Å². The van der Waals surface area contributed by atoms with E-state index in [2.05, 4.69) is 31.3 Å². The maximum atomic E-state index is 12.7. The van der Waals surface area contributed by atoms with Crippen LogP contribution in [-0.2, 0) is 0 Å². The van der Waals surface area contributed by atoms with E-state index < -0.39 is 6.09 Å². The summed E-state index contributed by atoms with van der Waals surface area (Å²) in [6, 6.07) is 0. The van der Waals surface area contributed by atoms with Crippen LogP contribution in [0.5, 0.6) is 0 Å². The first-order valence-electron chi connectivity index (χ1n) is 3.70. The first kappa shape index (κ1) is 8.30. The van der Waals surface area contributed by atoms with Gasteiger partial charge in [-0.1, -0.05) is 20.8 Å². The smallest absolute Gasteiger partial charge is 0.303 e. The molecule has 0 saturated carbocycles. The van der Waals surface area contributed by atoms with Gasteiger partial charge < -0.3 is 4.90 Å². The average Bonchev–Trinajstić information content (AvgIpc) is 2.12. The normalized spacial score (nSPS) is 18.2. The Balaban J connectivity index is 2.45. The fraction of sp³-hybridized carbons (Fsp3) is 0.857. The molecule has 0 bridgehead atoms. The highest BCUT2D eigenvalue weighted by molar-refractivity contribution is 5.73. The Morgan fingerprint density at radius 1 is 1.64 bits per heavy atom. The summed E-state index contributed by atoms with van der Waals surface area (Å²) in [5, 5.41) is 3.43. The first-order valence-corrected chi connectivity index (χ1v) is 3.70. The van der Waals surface area contributed by atoms with E-state index in [-0.39, 0.29) is 5.41 Å². The maximum Gasteiger partial charge on any atom is 0.303 e. The van der Waals surface area contributed by atoms with E-state index in [1.54, 1.807) is 4.90 Å². The molecular weight excluding hydrogens is 145 g/mol. The molecule has 64 valence electrons. The Morgan fingerprint density at radius 3 is 2.64 bits per heavy atom. The second-order valence-corrected chi connectivity index (χ2v) is 3.96. The van der Waals surface area contributed by atoms with Gasteiger partial charge in [0.25, 0.3) is 0 Å². The van der Waals surface area contributed by atoms with E-state index in [0.29, 0.717) is 13.2 Å². The fourth-order valence-electron chi connectivity index (χ4n) is 1.02. The van der Waals surface area contributed by atoms with Gasteiger partial charge in [-0.05, 0) is 5.41 Å². The lowest BCUT2D eigenvalue weighted by Crippen LogP contribution is -2.35. The summed E-state index contributed by atoms with van der Waals surface area (Å²) in [7, 11) is 0. The standard InChI is InChI=1S/C7H14FN3/c1-7(2,3)4-11-5-9-10-6(11)8/h9H,4-5H2,1-3H3. The van der Waals surface area contributed by atoms with Gasteiger partial charge in [0.15, 0.2) is 0 Å². The van der Waals surface area contributed by atoms with Gasteiger partial charge in [0.2, 0.25) is 0 Å². The van der Waals surface area contributed by atoms with E-state index in [0.717, 1.165) is 0 Å². The van der Waals surface area contributed by atoms with Gasteiger partial charge in [0, 0.05) is 6.54 Å². The minimum Gasteiger partial charge on any atom is -0.312 e. The number of hydrazone groups is 1. The van der Waals surface area contributed by atoms with Crippen molar-refractivity contribution >= 4 is 6.09 Å². The van der Waals surface area contributed by atoms with Crippen LogP contribution < -0.4 is 5.43 Å². The van der Waals surface area contributed by atoms with Crippen molar-refractivity contribution < 1.29 is 4.39 Å². The van der Waals surface area contributed by atoms with Crippen molar-refractivity contribution in [1.29, 1.82) is 0 Å². The van der Waals surface area contributed by atoms with Crippen molar-refractivity contribution in [2.24, 2.45) is 10.5 Å². The zero-order valence-electron chi connectivity index (χ0n) is 7.19. The number of nitrogens with one attached hydrogen (secondary N) is 1. The molecule has 0 aromatic heterocycles. The summed E-state index contributed by atoms with van der Waals surface area (Å²) < 4.78 is 12.7. The van der Waals surface area contributed by atoms with Crippen LogP contribution in [0, 0.1) is 5.41 Å². The predicted molar refractivity (Wildman–Crippen MR) is 42.7 cm³/mol. The molecule has 0 radical (unpaired) electrons. The summed E-state index contributed by atoms with van der Waals surface area (Å²) in [5.41, 5.74) is 2.69. The monoisotopic (exact) mass is 159 g/mol. The van der Waals surface area contributed by atoms with Crippen molar-refractivity contribution in [3.8, 4) is 0 Å². The molecule has 0 amide bonds. The number of hydrogen-bond donors (Lipinski definition) is 1. The molecule has 0 fully saturated rings. The molecule has 1 aliphatic heterocycles. The molecule has 4 heteroatoms. The van der Waals surface area contributed by atoms with Crippen molar-refractivity contribution in [3.63, 3.8) is 0 Å². The van der Waals surface area contributed by atoms with Crippen LogP contribution in [0.25, 0.3) is 0 Å². The summed E-state index contributed by atoms with van der Waals surface area (Å²) in [5.74, 6) is 0. The minimum atomic E-state index is -0.403. The highest BCUT2D eigenvalue weighted by atomic mass is 19.1. The maximum absolute atomic E-state index is 12.7. The largest absolute Gasteiger partial charge is 0.312 e. The molecule has 0 unspecified atom stereocenters. The Labute approximate surface area is 66.3 Å². The zero-order chi connectivity index (χ0) is 8.48. The quantitative estimate of drug-likeness (QED) is 0.581.